The quantitative estimate of drug-likeness (QED) is 0.578. The minimum Gasteiger partial charge on any atom is -0.445 e. The average Bonchev–Trinajstić information content (AvgIpc) is 2.84. The van der Waals surface area contributed by atoms with Gasteiger partial charge in [0.15, 0.2) is 0 Å². The van der Waals surface area contributed by atoms with Gasteiger partial charge in [0.05, 0.1) is 12.1 Å². The van der Waals surface area contributed by atoms with E-state index < -0.39 is 18.2 Å². The largest absolute Gasteiger partial charge is 0.445 e. The molecule has 0 radical (unpaired) electrons. The second-order valence-corrected chi connectivity index (χ2v) is 7.42. The Morgan fingerprint density at radius 2 is 2.04 bits per heavy atom. The first-order valence-electron chi connectivity index (χ1n) is 9.62. The Bertz CT molecular complexity index is 594. The van der Waals surface area contributed by atoms with Gasteiger partial charge in [-0.3, -0.25) is 4.79 Å². The summed E-state index contributed by atoms with van der Waals surface area (Å²) < 4.78 is 5.23. The number of β-amino-alcohol motifs (C(OH)–C–C–N with tert-alkyl or cyclic N) is 1. The highest BCUT2D eigenvalue weighted by molar-refractivity contribution is 5.85. The van der Waals surface area contributed by atoms with Crippen LogP contribution in [0.25, 0.3) is 0 Å². The SMILES string of the molecule is CC(C)CC(NC(=O)OCc1ccccc1)C(=O)NC1CCCNC[C@@H]1O. The zero-order valence-corrected chi connectivity index (χ0v) is 16.1. The number of ether oxygens (including phenoxy) is 1. The molecule has 0 aromatic heterocycles. The first-order chi connectivity index (χ1) is 13.0. The first kappa shape index (κ1) is 21.2. The van der Waals surface area contributed by atoms with Gasteiger partial charge in [0.25, 0.3) is 0 Å². The van der Waals surface area contributed by atoms with Crippen molar-refractivity contribution < 1.29 is 19.4 Å². The molecule has 0 spiro atoms. The molecule has 1 aromatic rings. The van der Waals surface area contributed by atoms with Crippen LogP contribution in [0.5, 0.6) is 0 Å². The third-order valence-electron chi connectivity index (χ3n) is 4.54. The summed E-state index contributed by atoms with van der Waals surface area (Å²) >= 11 is 0. The van der Waals surface area contributed by atoms with E-state index in [1.165, 1.54) is 0 Å². The van der Waals surface area contributed by atoms with Crippen LogP contribution in [0.15, 0.2) is 30.3 Å². The number of hydrogen-bond acceptors (Lipinski definition) is 5. The van der Waals surface area contributed by atoms with E-state index in [1.807, 2.05) is 44.2 Å². The van der Waals surface area contributed by atoms with Crippen molar-refractivity contribution in [3.8, 4) is 0 Å². The first-order valence-corrected chi connectivity index (χ1v) is 9.62. The number of aliphatic hydroxyl groups is 1. The fraction of sp³-hybridized carbons (Fsp3) is 0.600. The van der Waals surface area contributed by atoms with Gasteiger partial charge in [-0.2, -0.15) is 0 Å². The van der Waals surface area contributed by atoms with Crippen LogP contribution >= 0.6 is 0 Å². The summed E-state index contributed by atoms with van der Waals surface area (Å²) in [5.74, 6) is -0.0674. The van der Waals surface area contributed by atoms with E-state index in [0.717, 1.165) is 18.5 Å². The molecule has 1 aliphatic rings. The van der Waals surface area contributed by atoms with Crippen LogP contribution in [0.4, 0.5) is 4.79 Å². The number of aliphatic hydroxyl groups excluding tert-OH is 1. The molecule has 1 fully saturated rings. The summed E-state index contributed by atoms with van der Waals surface area (Å²) in [6.07, 6.45) is 0.813. The van der Waals surface area contributed by atoms with Gasteiger partial charge in [-0.05, 0) is 37.3 Å². The van der Waals surface area contributed by atoms with E-state index >= 15 is 0 Å². The molecule has 0 saturated carbocycles. The maximum atomic E-state index is 12.7. The maximum Gasteiger partial charge on any atom is 0.408 e. The Morgan fingerprint density at radius 3 is 2.74 bits per heavy atom. The smallest absolute Gasteiger partial charge is 0.408 e. The molecule has 2 unspecified atom stereocenters. The van der Waals surface area contributed by atoms with Crippen molar-refractivity contribution >= 4 is 12.0 Å². The third-order valence-corrected chi connectivity index (χ3v) is 4.54. The molecule has 150 valence electrons. The minimum absolute atomic E-state index is 0.149. The molecule has 7 nitrogen and oxygen atoms in total. The van der Waals surface area contributed by atoms with Gasteiger partial charge in [0.1, 0.15) is 12.6 Å². The summed E-state index contributed by atoms with van der Waals surface area (Å²) in [6, 6.07) is 8.36. The minimum atomic E-state index is -0.698. The van der Waals surface area contributed by atoms with Gasteiger partial charge in [0.2, 0.25) is 5.91 Å². The van der Waals surface area contributed by atoms with E-state index in [1.54, 1.807) is 0 Å². The lowest BCUT2D eigenvalue weighted by Crippen LogP contribution is -2.53. The standard InChI is InChI=1S/C20H31N3O4/c1-14(2)11-17(19(25)22-16-9-6-10-21-12-18(16)24)23-20(26)27-13-15-7-4-3-5-8-15/h3-5,7-8,14,16-18,21,24H,6,9-13H2,1-2H3,(H,22,25)(H,23,26)/t16?,17?,18-/m0/s1. The monoisotopic (exact) mass is 377 g/mol. The van der Waals surface area contributed by atoms with Gasteiger partial charge in [-0.15, -0.1) is 0 Å². The van der Waals surface area contributed by atoms with Crippen LogP contribution in [-0.2, 0) is 16.1 Å². The van der Waals surface area contributed by atoms with Gasteiger partial charge in [-0.1, -0.05) is 44.2 Å². The summed E-state index contributed by atoms with van der Waals surface area (Å²) in [5, 5.41) is 18.9. The number of alkyl carbamates (subject to hydrolysis) is 1. The highest BCUT2D eigenvalue weighted by Crippen LogP contribution is 2.10. The van der Waals surface area contributed by atoms with Crippen molar-refractivity contribution in [1.82, 2.24) is 16.0 Å². The van der Waals surface area contributed by atoms with Crippen LogP contribution in [0.3, 0.4) is 0 Å². The summed E-state index contributed by atoms with van der Waals surface area (Å²) in [4.78, 5) is 24.9. The van der Waals surface area contributed by atoms with E-state index in [2.05, 4.69) is 16.0 Å². The molecule has 0 aliphatic carbocycles. The number of nitrogens with one attached hydrogen (secondary N) is 3. The van der Waals surface area contributed by atoms with Crippen LogP contribution in [0.2, 0.25) is 0 Å². The van der Waals surface area contributed by atoms with Crippen molar-refractivity contribution in [2.45, 2.75) is 57.9 Å². The fourth-order valence-corrected chi connectivity index (χ4v) is 3.09. The molecule has 1 aromatic carbocycles. The van der Waals surface area contributed by atoms with Gasteiger partial charge in [0, 0.05) is 6.54 Å². The Hall–Kier alpha value is -2.12. The molecule has 0 bridgehead atoms. The van der Waals surface area contributed by atoms with Crippen LogP contribution < -0.4 is 16.0 Å². The van der Waals surface area contributed by atoms with Crippen LogP contribution in [0.1, 0.15) is 38.7 Å². The van der Waals surface area contributed by atoms with Crippen molar-refractivity contribution in [3.05, 3.63) is 35.9 Å². The van der Waals surface area contributed by atoms with Crippen molar-refractivity contribution in [1.29, 1.82) is 0 Å². The summed E-state index contributed by atoms with van der Waals surface area (Å²) in [6.45, 7) is 5.40. The molecule has 3 atom stereocenters. The number of rotatable bonds is 7. The van der Waals surface area contributed by atoms with E-state index in [9.17, 15) is 14.7 Å². The number of carbonyl (C=O) groups is 2. The van der Waals surface area contributed by atoms with E-state index in [-0.39, 0.29) is 24.5 Å². The fourth-order valence-electron chi connectivity index (χ4n) is 3.09. The van der Waals surface area contributed by atoms with Gasteiger partial charge < -0.3 is 25.8 Å². The predicted octanol–water partition coefficient (Wildman–Crippen LogP) is 1.56. The van der Waals surface area contributed by atoms with Crippen molar-refractivity contribution in [2.75, 3.05) is 13.1 Å². The zero-order chi connectivity index (χ0) is 19.6. The second-order valence-electron chi connectivity index (χ2n) is 7.42. The Labute approximate surface area is 160 Å². The number of benzene rings is 1. The second kappa shape index (κ2) is 10.9. The predicted molar refractivity (Wildman–Crippen MR) is 103 cm³/mol. The lowest BCUT2D eigenvalue weighted by atomic mass is 10.0. The van der Waals surface area contributed by atoms with Crippen molar-refractivity contribution in [2.24, 2.45) is 5.92 Å². The maximum absolute atomic E-state index is 12.7. The van der Waals surface area contributed by atoms with Crippen molar-refractivity contribution in [3.63, 3.8) is 0 Å². The average molecular weight is 377 g/mol. The topological polar surface area (TPSA) is 99.7 Å². The third kappa shape index (κ3) is 7.56. The Balaban J connectivity index is 1.90. The Morgan fingerprint density at radius 1 is 1.30 bits per heavy atom. The van der Waals surface area contributed by atoms with Crippen LogP contribution in [-0.4, -0.2) is 48.4 Å². The Kier molecular flexibility index (Phi) is 8.54. The molecule has 4 N–H and O–H groups in total. The van der Waals surface area contributed by atoms with Gasteiger partial charge in [-0.25, -0.2) is 4.79 Å². The molecule has 2 amide bonds. The molecule has 1 aliphatic heterocycles. The molecule has 7 heteroatoms. The molecule has 1 saturated heterocycles. The number of amides is 2. The summed E-state index contributed by atoms with van der Waals surface area (Å²) in [7, 11) is 0. The number of hydrogen-bond donors (Lipinski definition) is 4. The van der Waals surface area contributed by atoms with E-state index in [0.29, 0.717) is 19.4 Å². The number of carbonyl (C=O) groups excluding carboxylic acids is 2. The van der Waals surface area contributed by atoms with Gasteiger partial charge >= 0.3 is 6.09 Å². The highest BCUT2D eigenvalue weighted by Gasteiger charge is 2.28. The molecule has 1 heterocycles. The van der Waals surface area contributed by atoms with Crippen LogP contribution in [0, 0.1) is 5.92 Å². The lowest BCUT2D eigenvalue weighted by molar-refractivity contribution is -0.125. The lowest BCUT2D eigenvalue weighted by Gasteiger charge is -2.26. The molecule has 27 heavy (non-hydrogen) atoms. The highest BCUT2D eigenvalue weighted by atomic mass is 16.5. The normalized spacial score (nSPS) is 21.2. The van der Waals surface area contributed by atoms with E-state index in [4.69, 9.17) is 4.74 Å². The molecular weight excluding hydrogens is 346 g/mol. The zero-order valence-electron chi connectivity index (χ0n) is 16.1. The molecule has 2 rings (SSSR count). The molecular formula is C20H31N3O4. The summed E-state index contributed by atoms with van der Waals surface area (Å²) in [5.41, 5.74) is 0.881.